The van der Waals surface area contributed by atoms with Gasteiger partial charge in [-0.05, 0) is 29.2 Å². The highest BCUT2D eigenvalue weighted by molar-refractivity contribution is 7.04. The lowest BCUT2D eigenvalue weighted by Crippen LogP contribution is -2.40. The van der Waals surface area contributed by atoms with Crippen molar-refractivity contribution in [3.05, 3.63) is 82.1 Å². The number of carbonyl (C=O) groups is 2. The van der Waals surface area contributed by atoms with Crippen LogP contribution in [0.5, 0.6) is 0 Å². The molecule has 1 atom stereocenters. The van der Waals surface area contributed by atoms with Crippen LogP contribution in [0.2, 0.25) is 0 Å². The second-order valence-electron chi connectivity index (χ2n) is 6.86. The summed E-state index contributed by atoms with van der Waals surface area (Å²) in [5.74, 6) is -2.43. The first-order valence-electron chi connectivity index (χ1n) is 9.52. The number of fused-ring (bicyclic) bond motifs is 1. The highest BCUT2D eigenvalue weighted by Gasteiger charge is 2.43. The molecule has 160 valence electrons. The van der Waals surface area contributed by atoms with Gasteiger partial charge in [-0.1, -0.05) is 36.4 Å². The number of nitrogens with zero attached hydrogens (tertiary/aromatic N) is 3. The molecule has 9 heteroatoms. The summed E-state index contributed by atoms with van der Waals surface area (Å²) in [5.41, 5.74) is 8.29. The molecular formula is C23H18N4O4S. The molecule has 2 N–H and O–H groups in total. The van der Waals surface area contributed by atoms with Gasteiger partial charge in [0.1, 0.15) is 11.5 Å². The molecule has 2 heterocycles. The van der Waals surface area contributed by atoms with E-state index >= 15 is 0 Å². The predicted molar refractivity (Wildman–Crippen MR) is 119 cm³/mol. The number of nitrogens with two attached hydrogens (primary N) is 1. The summed E-state index contributed by atoms with van der Waals surface area (Å²) in [5, 5.41) is 12.6. The Labute approximate surface area is 187 Å². The number of esters is 2. The lowest BCUT2D eigenvalue weighted by atomic mass is 9.81. The third-order valence-electron chi connectivity index (χ3n) is 5.23. The Balaban J connectivity index is 2.11. The van der Waals surface area contributed by atoms with Crippen molar-refractivity contribution in [3.63, 3.8) is 0 Å². The fraction of sp³-hybridized carbons (Fsp3) is 0.130. The van der Waals surface area contributed by atoms with Crippen molar-refractivity contribution in [3.8, 4) is 6.07 Å². The van der Waals surface area contributed by atoms with Crippen LogP contribution in [0.25, 0.3) is 10.9 Å². The Kier molecular flexibility index (Phi) is 5.62. The maximum Gasteiger partial charge on any atom is 0.355 e. The first kappa shape index (κ1) is 21.1. The Bertz CT molecular complexity index is 1320. The van der Waals surface area contributed by atoms with E-state index in [2.05, 4.69) is 10.4 Å². The molecule has 1 aliphatic heterocycles. The van der Waals surface area contributed by atoms with Crippen molar-refractivity contribution in [1.29, 1.82) is 5.26 Å². The summed E-state index contributed by atoms with van der Waals surface area (Å²) >= 11 is 1.24. The molecule has 0 radical (unpaired) electrons. The SMILES string of the molecule is COC(=O)C1=C(C(=O)OC)N(c2cccc3nscc23)C(N)=C(C#N)C1c1ccccc1. The minimum absolute atomic E-state index is 0.0214. The van der Waals surface area contributed by atoms with Gasteiger partial charge in [0.25, 0.3) is 0 Å². The Hall–Kier alpha value is -4.16. The van der Waals surface area contributed by atoms with Gasteiger partial charge in [0.05, 0.1) is 48.6 Å². The lowest BCUT2D eigenvalue weighted by molar-refractivity contribution is -0.139. The number of carbonyl (C=O) groups excluding carboxylic acids is 2. The van der Waals surface area contributed by atoms with E-state index in [0.717, 1.165) is 0 Å². The maximum absolute atomic E-state index is 13.1. The number of ether oxygens (including phenoxy) is 2. The molecule has 0 bridgehead atoms. The first-order valence-corrected chi connectivity index (χ1v) is 10.4. The van der Waals surface area contributed by atoms with Crippen molar-refractivity contribution < 1.29 is 19.1 Å². The molecule has 1 unspecified atom stereocenters. The molecule has 1 aromatic heterocycles. The zero-order valence-electron chi connectivity index (χ0n) is 17.2. The van der Waals surface area contributed by atoms with Crippen LogP contribution >= 0.6 is 11.5 Å². The summed E-state index contributed by atoms with van der Waals surface area (Å²) in [6.07, 6.45) is 0. The van der Waals surface area contributed by atoms with Gasteiger partial charge < -0.3 is 15.2 Å². The molecule has 0 aliphatic carbocycles. The van der Waals surface area contributed by atoms with Gasteiger partial charge in [0, 0.05) is 10.8 Å². The average molecular weight is 446 g/mol. The number of rotatable bonds is 4. The zero-order chi connectivity index (χ0) is 22.8. The van der Waals surface area contributed by atoms with Gasteiger partial charge in [0.2, 0.25) is 0 Å². The van der Waals surface area contributed by atoms with E-state index in [9.17, 15) is 14.9 Å². The number of nitriles is 1. The summed E-state index contributed by atoms with van der Waals surface area (Å²) in [4.78, 5) is 27.5. The minimum atomic E-state index is -0.904. The highest BCUT2D eigenvalue weighted by Crippen LogP contribution is 2.44. The van der Waals surface area contributed by atoms with E-state index in [1.165, 1.54) is 30.7 Å². The third kappa shape index (κ3) is 3.27. The van der Waals surface area contributed by atoms with Gasteiger partial charge in [0.15, 0.2) is 0 Å². The normalized spacial score (nSPS) is 16.2. The third-order valence-corrected chi connectivity index (χ3v) is 5.88. The average Bonchev–Trinajstić information content (AvgIpc) is 3.32. The molecule has 4 rings (SSSR count). The van der Waals surface area contributed by atoms with Crippen LogP contribution in [0, 0.1) is 11.3 Å². The molecule has 2 aromatic carbocycles. The van der Waals surface area contributed by atoms with Gasteiger partial charge >= 0.3 is 11.9 Å². The van der Waals surface area contributed by atoms with Crippen LogP contribution < -0.4 is 10.6 Å². The van der Waals surface area contributed by atoms with Crippen LogP contribution in [-0.2, 0) is 19.1 Å². The molecule has 3 aromatic rings. The Morgan fingerprint density at radius 3 is 2.47 bits per heavy atom. The van der Waals surface area contributed by atoms with Crippen LogP contribution in [0.4, 0.5) is 5.69 Å². The summed E-state index contributed by atoms with van der Waals surface area (Å²) in [7, 11) is 2.43. The fourth-order valence-electron chi connectivity index (χ4n) is 3.84. The van der Waals surface area contributed by atoms with Crippen LogP contribution in [0.3, 0.4) is 0 Å². The monoisotopic (exact) mass is 446 g/mol. The number of aromatic nitrogens is 1. The molecule has 0 fully saturated rings. The summed E-state index contributed by atoms with van der Waals surface area (Å²) in [6, 6.07) is 16.3. The van der Waals surface area contributed by atoms with Gasteiger partial charge in [-0.2, -0.15) is 9.64 Å². The molecule has 0 saturated carbocycles. The number of benzene rings is 2. The zero-order valence-corrected chi connectivity index (χ0v) is 18.1. The Morgan fingerprint density at radius 2 is 1.81 bits per heavy atom. The molecule has 8 nitrogen and oxygen atoms in total. The summed E-state index contributed by atoms with van der Waals surface area (Å²) in [6.45, 7) is 0. The molecule has 32 heavy (non-hydrogen) atoms. The molecule has 0 spiro atoms. The number of hydrogen-bond acceptors (Lipinski definition) is 9. The molecule has 0 amide bonds. The van der Waals surface area contributed by atoms with Crippen LogP contribution in [-0.4, -0.2) is 30.5 Å². The van der Waals surface area contributed by atoms with E-state index in [4.69, 9.17) is 15.2 Å². The van der Waals surface area contributed by atoms with Crippen molar-refractivity contribution in [2.24, 2.45) is 5.73 Å². The van der Waals surface area contributed by atoms with E-state index < -0.39 is 17.9 Å². The van der Waals surface area contributed by atoms with Crippen molar-refractivity contribution in [2.45, 2.75) is 5.92 Å². The van der Waals surface area contributed by atoms with Crippen LogP contribution in [0.15, 0.2) is 76.6 Å². The van der Waals surface area contributed by atoms with E-state index in [-0.39, 0.29) is 22.7 Å². The highest BCUT2D eigenvalue weighted by atomic mass is 32.1. The second-order valence-corrected chi connectivity index (χ2v) is 7.49. The van der Waals surface area contributed by atoms with E-state index in [1.54, 1.807) is 41.8 Å². The number of methoxy groups -OCH3 is 2. The van der Waals surface area contributed by atoms with Crippen molar-refractivity contribution >= 4 is 40.1 Å². The van der Waals surface area contributed by atoms with Crippen molar-refractivity contribution in [1.82, 2.24) is 4.37 Å². The first-order chi connectivity index (χ1) is 15.5. The molecular weight excluding hydrogens is 428 g/mol. The molecule has 0 saturated heterocycles. The van der Waals surface area contributed by atoms with Gasteiger partial charge in [-0.3, -0.25) is 4.90 Å². The quantitative estimate of drug-likeness (QED) is 0.607. The largest absolute Gasteiger partial charge is 0.466 e. The minimum Gasteiger partial charge on any atom is -0.466 e. The fourth-order valence-corrected chi connectivity index (χ4v) is 4.51. The smallest absolute Gasteiger partial charge is 0.355 e. The number of hydrogen-bond donors (Lipinski definition) is 1. The van der Waals surface area contributed by atoms with E-state index in [0.29, 0.717) is 22.2 Å². The number of allylic oxidation sites excluding steroid dienone is 1. The topological polar surface area (TPSA) is 119 Å². The van der Waals surface area contributed by atoms with Crippen LogP contribution in [0.1, 0.15) is 11.5 Å². The lowest BCUT2D eigenvalue weighted by Gasteiger charge is -2.36. The molecule has 1 aliphatic rings. The predicted octanol–water partition coefficient (Wildman–Crippen LogP) is 3.19. The summed E-state index contributed by atoms with van der Waals surface area (Å²) < 4.78 is 14.4. The van der Waals surface area contributed by atoms with E-state index in [1.807, 2.05) is 12.1 Å². The maximum atomic E-state index is 13.1. The number of anilines is 1. The second kappa shape index (κ2) is 8.53. The Morgan fingerprint density at radius 1 is 1.09 bits per heavy atom. The van der Waals surface area contributed by atoms with Crippen molar-refractivity contribution in [2.75, 3.05) is 19.1 Å². The standard InChI is InChI=1S/C23H18N4O4S/c1-30-22(28)19-18(13-7-4-3-5-8-13)14(11-24)21(25)27(20(19)23(29)31-2)17-10-6-9-16-15(17)12-32-26-16/h3-10,12,18H,25H2,1-2H3. The van der Waals surface area contributed by atoms with Gasteiger partial charge in [-0.25, -0.2) is 9.59 Å². The van der Waals surface area contributed by atoms with Gasteiger partial charge in [-0.15, -0.1) is 0 Å².